The monoisotopic (exact) mass is 329 g/mol. The van der Waals surface area contributed by atoms with Gasteiger partial charge in [0.15, 0.2) is 0 Å². The molecule has 128 valence electrons. The van der Waals surface area contributed by atoms with E-state index >= 15 is 0 Å². The summed E-state index contributed by atoms with van der Waals surface area (Å²) in [5.74, 6) is 1.74. The fourth-order valence-electron chi connectivity index (χ4n) is 2.92. The number of methoxy groups -OCH3 is 1. The summed E-state index contributed by atoms with van der Waals surface area (Å²) < 4.78 is 7.11. The van der Waals surface area contributed by atoms with E-state index in [-0.39, 0.29) is 5.91 Å². The number of ether oxygens (including phenoxy) is 1. The summed E-state index contributed by atoms with van der Waals surface area (Å²) in [5.41, 5.74) is 0.675. The topological polar surface area (TPSA) is 63.5 Å². The second kappa shape index (κ2) is 7.44. The van der Waals surface area contributed by atoms with Gasteiger partial charge in [0.2, 0.25) is 0 Å². The fourth-order valence-corrected chi connectivity index (χ4v) is 2.92. The van der Waals surface area contributed by atoms with Gasteiger partial charge in [0.25, 0.3) is 5.91 Å². The third-order valence-corrected chi connectivity index (χ3v) is 4.34. The highest BCUT2D eigenvalue weighted by molar-refractivity contribution is 5.94. The van der Waals surface area contributed by atoms with Crippen LogP contribution in [-0.2, 0) is 13.1 Å². The number of rotatable bonds is 5. The summed E-state index contributed by atoms with van der Waals surface area (Å²) in [6, 6.07) is 7.32. The van der Waals surface area contributed by atoms with Gasteiger partial charge in [-0.1, -0.05) is 6.07 Å². The molecule has 1 aliphatic heterocycles. The summed E-state index contributed by atoms with van der Waals surface area (Å²) in [4.78, 5) is 21.1. The quantitative estimate of drug-likeness (QED) is 0.826. The highest BCUT2D eigenvalue weighted by Crippen LogP contribution is 2.16. The molecule has 3 rings (SSSR count). The molecule has 1 fully saturated rings. The zero-order chi connectivity index (χ0) is 16.9. The number of amides is 1. The highest BCUT2D eigenvalue weighted by atomic mass is 16.5. The third-order valence-electron chi connectivity index (χ3n) is 4.34. The van der Waals surface area contributed by atoms with Crippen molar-refractivity contribution < 1.29 is 9.53 Å². The number of carbonyl (C=O) groups is 1. The molecule has 1 aliphatic rings. The Bertz CT molecular complexity index is 692. The van der Waals surface area contributed by atoms with Gasteiger partial charge in [0, 0.05) is 38.3 Å². The average Bonchev–Trinajstić information content (AvgIpc) is 3.09. The Balaban J connectivity index is 1.57. The van der Waals surface area contributed by atoms with Crippen LogP contribution in [0.1, 0.15) is 23.1 Å². The first-order valence-electron chi connectivity index (χ1n) is 8.23. The first-order valence-corrected chi connectivity index (χ1v) is 8.23. The Hall–Kier alpha value is -2.41. The van der Waals surface area contributed by atoms with E-state index in [1.807, 2.05) is 27.8 Å². The van der Waals surface area contributed by atoms with Gasteiger partial charge in [-0.2, -0.15) is 5.10 Å². The molecular weight excluding hydrogens is 306 g/mol. The van der Waals surface area contributed by atoms with Crippen LogP contribution in [0, 0.1) is 0 Å². The first-order chi connectivity index (χ1) is 11.7. The molecule has 1 aromatic carbocycles. The summed E-state index contributed by atoms with van der Waals surface area (Å²) >= 11 is 0. The van der Waals surface area contributed by atoms with E-state index in [9.17, 15) is 4.79 Å². The van der Waals surface area contributed by atoms with Crippen LogP contribution >= 0.6 is 0 Å². The lowest BCUT2D eigenvalue weighted by Gasteiger charge is -2.34. The Kier molecular flexibility index (Phi) is 5.10. The predicted molar refractivity (Wildman–Crippen MR) is 89.9 cm³/mol. The Labute approximate surface area is 141 Å². The van der Waals surface area contributed by atoms with E-state index in [4.69, 9.17) is 4.74 Å². The minimum Gasteiger partial charge on any atom is -0.497 e. The summed E-state index contributed by atoms with van der Waals surface area (Å²) in [7, 11) is 1.61. The first kappa shape index (κ1) is 16.4. The molecule has 1 amide bonds. The maximum Gasteiger partial charge on any atom is 0.254 e. The minimum absolute atomic E-state index is 0.0604. The lowest BCUT2D eigenvalue weighted by atomic mass is 10.1. The molecule has 1 saturated heterocycles. The molecule has 1 aromatic heterocycles. The van der Waals surface area contributed by atoms with Crippen LogP contribution in [0.4, 0.5) is 0 Å². The normalized spacial score (nSPS) is 15.5. The van der Waals surface area contributed by atoms with E-state index < -0.39 is 0 Å². The maximum absolute atomic E-state index is 12.6. The maximum atomic E-state index is 12.6. The van der Waals surface area contributed by atoms with E-state index in [0.29, 0.717) is 11.3 Å². The molecule has 24 heavy (non-hydrogen) atoms. The predicted octanol–water partition coefficient (Wildman–Crippen LogP) is 1.26. The van der Waals surface area contributed by atoms with Gasteiger partial charge in [-0.15, -0.1) is 0 Å². The number of piperazine rings is 1. The van der Waals surface area contributed by atoms with Crippen molar-refractivity contribution in [2.75, 3.05) is 33.3 Å². The van der Waals surface area contributed by atoms with Crippen LogP contribution < -0.4 is 4.74 Å². The van der Waals surface area contributed by atoms with E-state index in [1.54, 1.807) is 19.5 Å². The average molecular weight is 329 g/mol. The fraction of sp³-hybridized carbons (Fsp3) is 0.471. The van der Waals surface area contributed by atoms with Gasteiger partial charge in [0.05, 0.1) is 13.7 Å². The van der Waals surface area contributed by atoms with Gasteiger partial charge in [-0.25, -0.2) is 9.67 Å². The van der Waals surface area contributed by atoms with E-state index in [2.05, 4.69) is 21.9 Å². The van der Waals surface area contributed by atoms with Crippen LogP contribution in [0.5, 0.6) is 5.75 Å². The highest BCUT2D eigenvalue weighted by Gasteiger charge is 2.23. The largest absolute Gasteiger partial charge is 0.497 e. The van der Waals surface area contributed by atoms with Crippen molar-refractivity contribution in [3.63, 3.8) is 0 Å². The zero-order valence-electron chi connectivity index (χ0n) is 14.2. The standard InChI is InChI=1S/C17H23N5O2/c1-3-22-16(18-13-19-22)12-20-7-9-21(10-8-20)17(23)14-5-4-6-15(11-14)24-2/h4-6,11,13H,3,7-10,12H2,1-2H3. The number of aromatic nitrogens is 3. The lowest BCUT2D eigenvalue weighted by Crippen LogP contribution is -2.48. The molecule has 0 unspecified atom stereocenters. The Morgan fingerprint density at radius 1 is 1.25 bits per heavy atom. The van der Waals surface area contributed by atoms with Crippen LogP contribution in [0.25, 0.3) is 0 Å². The number of nitrogens with zero attached hydrogens (tertiary/aromatic N) is 5. The van der Waals surface area contributed by atoms with Crippen molar-refractivity contribution in [2.45, 2.75) is 20.0 Å². The molecule has 0 N–H and O–H groups in total. The summed E-state index contributed by atoms with van der Waals surface area (Å²) in [6.07, 6.45) is 1.60. The summed E-state index contributed by atoms with van der Waals surface area (Å²) in [6.45, 7) is 6.77. The molecule has 0 bridgehead atoms. The van der Waals surface area contributed by atoms with Gasteiger partial charge < -0.3 is 9.64 Å². The number of carbonyl (C=O) groups excluding carboxylic acids is 1. The van der Waals surface area contributed by atoms with Crippen LogP contribution in [-0.4, -0.2) is 63.8 Å². The number of benzene rings is 1. The number of hydrogen-bond donors (Lipinski definition) is 0. The SMILES string of the molecule is CCn1ncnc1CN1CCN(C(=O)c2cccc(OC)c2)CC1. The Morgan fingerprint density at radius 2 is 2.04 bits per heavy atom. The van der Waals surface area contributed by atoms with Crippen molar-refractivity contribution in [2.24, 2.45) is 0 Å². The molecule has 0 aliphatic carbocycles. The summed E-state index contributed by atoms with van der Waals surface area (Å²) in [5, 5.41) is 4.20. The van der Waals surface area contributed by atoms with Crippen molar-refractivity contribution in [1.29, 1.82) is 0 Å². The zero-order valence-corrected chi connectivity index (χ0v) is 14.2. The van der Waals surface area contributed by atoms with Crippen LogP contribution in [0.15, 0.2) is 30.6 Å². The smallest absolute Gasteiger partial charge is 0.254 e. The number of aryl methyl sites for hydroxylation is 1. The van der Waals surface area contributed by atoms with Crippen LogP contribution in [0.2, 0.25) is 0 Å². The molecule has 7 nitrogen and oxygen atoms in total. The molecule has 0 radical (unpaired) electrons. The van der Waals surface area contributed by atoms with E-state index in [1.165, 1.54) is 0 Å². The van der Waals surface area contributed by atoms with Gasteiger partial charge in [-0.05, 0) is 25.1 Å². The van der Waals surface area contributed by atoms with Gasteiger partial charge in [-0.3, -0.25) is 9.69 Å². The van der Waals surface area contributed by atoms with Crippen LogP contribution in [0.3, 0.4) is 0 Å². The molecule has 0 atom stereocenters. The van der Waals surface area contributed by atoms with Crippen molar-refractivity contribution in [1.82, 2.24) is 24.6 Å². The van der Waals surface area contributed by atoms with Gasteiger partial charge in [0.1, 0.15) is 17.9 Å². The molecule has 2 aromatic rings. The van der Waals surface area contributed by atoms with Crippen molar-refractivity contribution in [3.05, 3.63) is 42.0 Å². The molecule has 2 heterocycles. The molecule has 0 spiro atoms. The molecule has 0 saturated carbocycles. The van der Waals surface area contributed by atoms with E-state index in [0.717, 1.165) is 45.1 Å². The second-order valence-corrected chi connectivity index (χ2v) is 5.79. The molecule has 7 heteroatoms. The number of hydrogen-bond acceptors (Lipinski definition) is 5. The molecular formula is C17H23N5O2. The second-order valence-electron chi connectivity index (χ2n) is 5.79. The van der Waals surface area contributed by atoms with Crippen molar-refractivity contribution >= 4 is 5.91 Å². The van der Waals surface area contributed by atoms with Gasteiger partial charge >= 0.3 is 0 Å². The van der Waals surface area contributed by atoms with Crippen molar-refractivity contribution in [3.8, 4) is 5.75 Å². The third kappa shape index (κ3) is 3.56. The lowest BCUT2D eigenvalue weighted by molar-refractivity contribution is 0.0623. The Morgan fingerprint density at radius 3 is 2.75 bits per heavy atom. The minimum atomic E-state index is 0.0604.